The van der Waals surface area contributed by atoms with Crippen LogP contribution in [0.3, 0.4) is 0 Å². The van der Waals surface area contributed by atoms with E-state index in [1.54, 1.807) is 21.6 Å². The van der Waals surface area contributed by atoms with Gasteiger partial charge in [-0.2, -0.15) is 10.2 Å². The molecule has 2 aromatic rings. The number of carbonyl (C=O) groups excluding carboxylic acids is 1. The van der Waals surface area contributed by atoms with Crippen molar-refractivity contribution >= 4 is 11.7 Å². The third kappa shape index (κ3) is 4.43. The number of ether oxygens (including phenoxy) is 1. The monoisotopic (exact) mass is 440 g/mol. The molecule has 0 radical (unpaired) electrons. The second-order valence-corrected chi connectivity index (χ2v) is 8.91. The Morgan fingerprint density at radius 1 is 1.34 bits per heavy atom. The number of hydrogen-bond donors (Lipinski definition) is 1. The number of anilines is 1. The van der Waals surface area contributed by atoms with Crippen LogP contribution in [0, 0.1) is 17.1 Å². The molecule has 2 N–H and O–H groups in total. The Balaban J connectivity index is 1.47. The number of fused-ring (bicyclic) bond motifs is 3. The number of rotatable bonds is 5. The van der Waals surface area contributed by atoms with Gasteiger partial charge in [0.05, 0.1) is 18.2 Å². The third-order valence-electron chi connectivity index (χ3n) is 5.63. The molecule has 2 aliphatic heterocycles. The third-order valence-corrected chi connectivity index (χ3v) is 5.63. The molecule has 1 atom stereocenters. The Bertz CT molecular complexity index is 1150. The molecule has 168 valence electrons. The lowest BCUT2D eigenvalue weighted by Gasteiger charge is -2.39. The molecule has 3 heterocycles. The number of amides is 1. The molecule has 2 aliphatic rings. The summed E-state index contributed by atoms with van der Waals surface area (Å²) in [5.74, 6) is 0.281. The molecule has 10 heteroatoms. The molecular formula is C22H25FN6O3. The molecule has 9 nitrogen and oxygen atoms in total. The largest absolute Gasteiger partial charge is 0.473 e. The van der Waals surface area contributed by atoms with E-state index in [2.05, 4.69) is 9.88 Å². The first-order valence-electron chi connectivity index (χ1n) is 10.4. The summed E-state index contributed by atoms with van der Waals surface area (Å²) in [7, 11) is 0. The predicted octanol–water partition coefficient (Wildman–Crippen LogP) is 0.991. The highest BCUT2D eigenvalue weighted by Crippen LogP contribution is 2.29. The van der Waals surface area contributed by atoms with Gasteiger partial charge in [0.25, 0.3) is 0 Å². The lowest BCUT2D eigenvalue weighted by Crippen LogP contribution is -2.55. The Morgan fingerprint density at radius 2 is 2.12 bits per heavy atom. The highest BCUT2D eigenvalue weighted by Gasteiger charge is 2.37. The van der Waals surface area contributed by atoms with Gasteiger partial charge in [-0.3, -0.25) is 9.36 Å². The zero-order valence-electron chi connectivity index (χ0n) is 18.0. The smallest absolute Gasteiger partial charge is 0.352 e. The van der Waals surface area contributed by atoms with E-state index in [1.807, 2.05) is 13.8 Å². The number of benzene rings is 1. The van der Waals surface area contributed by atoms with Crippen LogP contribution in [-0.2, 0) is 17.9 Å². The van der Waals surface area contributed by atoms with Crippen molar-refractivity contribution in [2.75, 3.05) is 24.5 Å². The van der Waals surface area contributed by atoms with Crippen molar-refractivity contribution in [1.82, 2.24) is 14.5 Å². The predicted molar refractivity (Wildman–Crippen MR) is 115 cm³/mol. The molecule has 1 aromatic carbocycles. The zero-order chi connectivity index (χ0) is 23.0. The van der Waals surface area contributed by atoms with Gasteiger partial charge >= 0.3 is 5.69 Å². The summed E-state index contributed by atoms with van der Waals surface area (Å²) >= 11 is 0. The molecule has 4 rings (SSSR count). The normalized spacial score (nSPS) is 17.5. The lowest BCUT2D eigenvalue weighted by atomic mass is 10.0. The fourth-order valence-corrected chi connectivity index (χ4v) is 4.11. The number of hydrogen-bond acceptors (Lipinski definition) is 7. The Labute approximate surface area is 184 Å². The molecule has 1 aromatic heterocycles. The van der Waals surface area contributed by atoms with Gasteiger partial charge in [-0.15, -0.1) is 0 Å². The van der Waals surface area contributed by atoms with E-state index in [4.69, 9.17) is 15.7 Å². The zero-order valence-corrected chi connectivity index (χ0v) is 18.0. The lowest BCUT2D eigenvalue weighted by molar-refractivity contribution is -0.133. The van der Waals surface area contributed by atoms with Crippen LogP contribution < -0.4 is 21.1 Å². The summed E-state index contributed by atoms with van der Waals surface area (Å²) in [6, 6.07) is 7.61. The number of nitrogens with two attached hydrogens (primary N) is 1. The number of nitrogens with zero attached hydrogens (tertiary/aromatic N) is 5. The van der Waals surface area contributed by atoms with Crippen LogP contribution in [0.2, 0.25) is 0 Å². The van der Waals surface area contributed by atoms with E-state index in [-0.39, 0.29) is 36.4 Å². The summed E-state index contributed by atoms with van der Waals surface area (Å²) in [5.41, 5.74) is 5.52. The van der Waals surface area contributed by atoms with E-state index < -0.39 is 17.0 Å². The SMILES string of the molecule is CC(C)(N)CC(=O)N1CCN2c3cc(OCc4ccc(F)c(C#N)c4)nc(=O)n3CC2C1. The van der Waals surface area contributed by atoms with Gasteiger partial charge in [-0.05, 0) is 31.5 Å². The van der Waals surface area contributed by atoms with Gasteiger partial charge < -0.3 is 20.3 Å². The van der Waals surface area contributed by atoms with Gasteiger partial charge in [-0.1, -0.05) is 6.07 Å². The topological polar surface area (TPSA) is 117 Å². The van der Waals surface area contributed by atoms with Crippen molar-refractivity contribution in [1.29, 1.82) is 5.26 Å². The summed E-state index contributed by atoms with van der Waals surface area (Å²) in [6.07, 6.45) is 0.267. The molecule has 1 amide bonds. The Morgan fingerprint density at radius 3 is 2.84 bits per heavy atom. The molecule has 1 fully saturated rings. The van der Waals surface area contributed by atoms with Crippen LogP contribution >= 0.6 is 0 Å². The van der Waals surface area contributed by atoms with E-state index in [1.165, 1.54) is 18.2 Å². The van der Waals surface area contributed by atoms with Crippen molar-refractivity contribution < 1.29 is 13.9 Å². The fraction of sp³-hybridized carbons (Fsp3) is 0.455. The average Bonchev–Trinajstić information content (AvgIpc) is 3.10. The first-order chi connectivity index (χ1) is 15.1. The number of carbonyl (C=O) groups is 1. The molecule has 1 unspecified atom stereocenters. The second-order valence-electron chi connectivity index (χ2n) is 8.91. The van der Waals surface area contributed by atoms with Crippen LogP contribution in [0.15, 0.2) is 29.1 Å². The van der Waals surface area contributed by atoms with Crippen molar-refractivity contribution in [2.45, 2.75) is 45.0 Å². The first kappa shape index (κ1) is 21.8. The summed E-state index contributed by atoms with van der Waals surface area (Å²) < 4.78 is 20.8. The molecule has 0 bridgehead atoms. The average molecular weight is 440 g/mol. The van der Waals surface area contributed by atoms with Crippen molar-refractivity contribution in [3.05, 3.63) is 51.7 Å². The van der Waals surface area contributed by atoms with Crippen LogP contribution in [0.1, 0.15) is 31.4 Å². The minimum Gasteiger partial charge on any atom is -0.473 e. The molecule has 32 heavy (non-hydrogen) atoms. The van der Waals surface area contributed by atoms with E-state index >= 15 is 0 Å². The molecule has 0 spiro atoms. The summed E-state index contributed by atoms with van der Waals surface area (Å²) in [6.45, 7) is 5.79. The highest BCUT2D eigenvalue weighted by molar-refractivity contribution is 5.77. The Hall–Kier alpha value is -3.45. The van der Waals surface area contributed by atoms with Crippen LogP contribution in [0.4, 0.5) is 10.2 Å². The molecular weight excluding hydrogens is 415 g/mol. The standard InChI is InChI=1S/C22H25FN6O3/c1-22(2,25)9-20(30)27-5-6-28-16(11-27)12-29-19(28)8-18(26-21(29)31)32-13-14-3-4-17(23)15(7-14)10-24/h3-4,7-8,16H,5-6,9,11-13,25H2,1-2H3. The van der Waals surface area contributed by atoms with E-state index in [0.717, 1.165) is 0 Å². The molecule has 0 aliphatic carbocycles. The minimum absolute atomic E-state index is 0.0126. The highest BCUT2D eigenvalue weighted by atomic mass is 19.1. The molecule has 0 saturated carbocycles. The maximum atomic E-state index is 13.5. The number of nitriles is 1. The maximum absolute atomic E-state index is 13.5. The van der Waals surface area contributed by atoms with E-state index in [0.29, 0.717) is 37.6 Å². The van der Waals surface area contributed by atoms with Crippen LogP contribution in [0.5, 0.6) is 5.88 Å². The van der Waals surface area contributed by atoms with Gasteiger partial charge in [-0.25, -0.2) is 9.18 Å². The second kappa shape index (κ2) is 8.24. The van der Waals surface area contributed by atoms with Crippen molar-refractivity contribution in [2.24, 2.45) is 5.73 Å². The Kier molecular flexibility index (Phi) is 5.60. The van der Waals surface area contributed by atoms with Gasteiger partial charge in [0.1, 0.15) is 24.3 Å². The van der Waals surface area contributed by atoms with Crippen molar-refractivity contribution in [3.8, 4) is 11.9 Å². The van der Waals surface area contributed by atoms with Crippen LogP contribution in [-0.4, -0.2) is 51.6 Å². The van der Waals surface area contributed by atoms with Crippen molar-refractivity contribution in [3.63, 3.8) is 0 Å². The van der Waals surface area contributed by atoms with Gasteiger partial charge in [0.2, 0.25) is 11.8 Å². The number of halogens is 1. The van der Waals surface area contributed by atoms with Crippen LogP contribution in [0.25, 0.3) is 0 Å². The quantitative estimate of drug-likeness (QED) is 0.737. The first-order valence-corrected chi connectivity index (χ1v) is 10.4. The number of aromatic nitrogens is 2. The van der Waals surface area contributed by atoms with Gasteiger partial charge in [0.15, 0.2) is 0 Å². The maximum Gasteiger partial charge on any atom is 0.352 e. The summed E-state index contributed by atoms with van der Waals surface area (Å²) in [4.78, 5) is 33.1. The fourth-order valence-electron chi connectivity index (χ4n) is 4.11. The molecule has 1 saturated heterocycles. The number of piperazine rings is 1. The minimum atomic E-state index is -0.594. The summed E-state index contributed by atoms with van der Waals surface area (Å²) in [5, 5.41) is 8.97. The van der Waals surface area contributed by atoms with Gasteiger partial charge in [0, 0.05) is 37.7 Å². The van der Waals surface area contributed by atoms with E-state index in [9.17, 15) is 14.0 Å².